The third kappa shape index (κ3) is 3.74. The number of halogens is 1. The van der Waals surface area contributed by atoms with Crippen LogP contribution in [0.5, 0.6) is 5.75 Å². The molecule has 2 aromatic rings. The Hall–Kier alpha value is -2.68. The maximum Gasteiger partial charge on any atom is 0.266 e. The van der Waals surface area contributed by atoms with Gasteiger partial charge in [0.25, 0.3) is 11.8 Å². The van der Waals surface area contributed by atoms with Crippen molar-refractivity contribution in [2.75, 3.05) is 12.0 Å². The highest BCUT2D eigenvalue weighted by Gasteiger charge is 2.48. The van der Waals surface area contributed by atoms with E-state index in [9.17, 15) is 14.4 Å². The highest BCUT2D eigenvalue weighted by Crippen LogP contribution is 2.37. The zero-order valence-electron chi connectivity index (χ0n) is 15.7. The largest absolute Gasteiger partial charge is 0.497 e. The Bertz CT molecular complexity index is 1080. The number of thiocarbonyl (C=S) groups is 1. The standard InChI is InChI=1S/C21H15ClN2O4S2/c1-28-15-8-2-12(3-9-15)10-17-20(27)24(21(29)30-17)16-11-18(25)23(19(16)26)14-6-4-13(22)5-7-14/h2-10,16H,11H2,1H3/b17-10-. The summed E-state index contributed by atoms with van der Waals surface area (Å²) in [7, 11) is 1.58. The maximum absolute atomic E-state index is 13.0. The number of hydrogen-bond donors (Lipinski definition) is 0. The van der Waals surface area contributed by atoms with Gasteiger partial charge in [0, 0.05) is 5.02 Å². The molecule has 4 rings (SSSR count). The molecule has 3 amide bonds. The number of carbonyl (C=O) groups excluding carboxylic acids is 3. The molecule has 2 heterocycles. The molecule has 1 atom stereocenters. The summed E-state index contributed by atoms with van der Waals surface area (Å²) in [6.07, 6.45) is 1.58. The quantitative estimate of drug-likeness (QED) is 0.393. The van der Waals surface area contributed by atoms with Gasteiger partial charge >= 0.3 is 0 Å². The molecule has 2 aliphatic heterocycles. The van der Waals surface area contributed by atoms with Crippen LogP contribution in [0.1, 0.15) is 12.0 Å². The van der Waals surface area contributed by atoms with E-state index < -0.39 is 11.9 Å². The number of hydrogen-bond acceptors (Lipinski definition) is 6. The number of benzene rings is 2. The lowest BCUT2D eigenvalue weighted by atomic mass is 10.2. The topological polar surface area (TPSA) is 66.9 Å². The van der Waals surface area contributed by atoms with E-state index in [1.54, 1.807) is 49.6 Å². The highest BCUT2D eigenvalue weighted by molar-refractivity contribution is 8.26. The van der Waals surface area contributed by atoms with Crippen molar-refractivity contribution in [2.24, 2.45) is 0 Å². The molecule has 152 valence electrons. The van der Waals surface area contributed by atoms with Gasteiger partial charge in [-0.2, -0.15) is 0 Å². The first-order valence-electron chi connectivity index (χ1n) is 8.92. The molecule has 30 heavy (non-hydrogen) atoms. The second-order valence-corrected chi connectivity index (χ2v) is 8.70. The second kappa shape index (κ2) is 8.22. The number of thioether (sulfide) groups is 1. The Labute approximate surface area is 187 Å². The third-order valence-corrected chi connectivity index (χ3v) is 6.34. The Balaban J connectivity index is 1.58. The molecule has 0 bridgehead atoms. The van der Waals surface area contributed by atoms with Crippen LogP contribution >= 0.6 is 35.6 Å². The molecule has 2 saturated heterocycles. The molecule has 0 spiro atoms. The van der Waals surface area contributed by atoms with Crippen LogP contribution < -0.4 is 9.64 Å². The summed E-state index contributed by atoms with van der Waals surface area (Å²) in [6, 6.07) is 12.6. The Morgan fingerprint density at radius 3 is 2.40 bits per heavy atom. The van der Waals surface area contributed by atoms with Crippen LogP contribution in [0, 0.1) is 0 Å². The summed E-state index contributed by atoms with van der Waals surface area (Å²) in [6.45, 7) is 0. The molecule has 0 radical (unpaired) electrons. The minimum Gasteiger partial charge on any atom is -0.497 e. The van der Waals surface area contributed by atoms with Crippen molar-refractivity contribution in [1.29, 1.82) is 0 Å². The number of carbonyl (C=O) groups is 3. The Morgan fingerprint density at radius 1 is 1.10 bits per heavy atom. The van der Waals surface area contributed by atoms with Gasteiger partial charge in [-0.05, 0) is 48.0 Å². The first kappa shape index (κ1) is 20.6. The van der Waals surface area contributed by atoms with E-state index in [1.165, 1.54) is 4.90 Å². The van der Waals surface area contributed by atoms with Crippen LogP contribution in [-0.2, 0) is 14.4 Å². The fraction of sp³-hybridized carbons (Fsp3) is 0.143. The number of amides is 3. The van der Waals surface area contributed by atoms with Crippen LogP contribution in [0.3, 0.4) is 0 Å². The zero-order valence-corrected chi connectivity index (χ0v) is 18.1. The smallest absolute Gasteiger partial charge is 0.266 e. The second-order valence-electron chi connectivity index (χ2n) is 6.59. The lowest BCUT2D eigenvalue weighted by Gasteiger charge is -2.21. The molecule has 2 fully saturated rings. The van der Waals surface area contributed by atoms with Gasteiger partial charge in [-0.15, -0.1) is 0 Å². The van der Waals surface area contributed by atoms with Gasteiger partial charge in [0.05, 0.1) is 24.1 Å². The monoisotopic (exact) mass is 458 g/mol. The lowest BCUT2D eigenvalue weighted by Crippen LogP contribution is -2.44. The first-order chi connectivity index (χ1) is 14.4. The fourth-order valence-corrected chi connectivity index (χ4v) is 4.76. The van der Waals surface area contributed by atoms with Gasteiger partial charge < -0.3 is 4.74 Å². The van der Waals surface area contributed by atoms with Crippen LogP contribution in [-0.4, -0.2) is 40.1 Å². The van der Waals surface area contributed by atoms with Crippen molar-refractivity contribution < 1.29 is 19.1 Å². The average molecular weight is 459 g/mol. The van der Waals surface area contributed by atoms with E-state index in [0.717, 1.165) is 22.2 Å². The van der Waals surface area contributed by atoms with E-state index in [4.69, 9.17) is 28.6 Å². The first-order valence-corrected chi connectivity index (χ1v) is 10.5. The molecule has 0 aromatic heterocycles. The summed E-state index contributed by atoms with van der Waals surface area (Å²) in [5.74, 6) is -0.549. The fourth-order valence-electron chi connectivity index (χ4n) is 3.28. The van der Waals surface area contributed by atoms with Gasteiger partial charge in [0.15, 0.2) is 0 Å². The molecule has 9 heteroatoms. The molecule has 2 aromatic carbocycles. The summed E-state index contributed by atoms with van der Waals surface area (Å²) in [5.41, 5.74) is 1.21. The lowest BCUT2D eigenvalue weighted by molar-refractivity contribution is -0.129. The number of imide groups is 1. The van der Waals surface area contributed by atoms with Crippen LogP contribution in [0.25, 0.3) is 6.08 Å². The minimum atomic E-state index is -0.956. The van der Waals surface area contributed by atoms with Gasteiger partial charge in [0.2, 0.25) is 5.91 Å². The summed E-state index contributed by atoms with van der Waals surface area (Å²) < 4.78 is 5.39. The maximum atomic E-state index is 13.0. The summed E-state index contributed by atoms with van der Waals surface area (Å²) in [5, 5.41) is 0.495. The highest BCUT2D eigenvalue weighted by atomic mass is 35.5. The normalized spacial score (nSPS) is 20.6. The SMILES string of the molecule is COc1ccc(/C=C2\SC(=S)N(C3CC(=O)N(c4ccc(Cl)cc4)C3=O)C2=O)cc1. The van der Waals surface area contributed by atoms with Crippen molar-refractivity contribution in [3.8, 4) is 5.75 Å². The van der Waals surface area contributed by atoms with Gasteiger partial charge in [-0.25, -0.2) is 4.90 Å². The van der Waals surface area contributed by atoms with Crippen molar-refractivity contribution in [3.63, 3.8) is 0 Å². The molecule has 6 nitrogen and oxygen atoms in total. The summed E-state index contributed by atoms with van der Waals surface area (Å²) >= 11 is 12.4. The molecule has 0 saturated carbocycles. The van der Waals surface area contributed by atoms with Crippen LogP contribution in [0.15, 0.2) is 53.4 Å². The number of anilines is 1. The molecule has 0 aliphatic carbocycles. The van der Waals surface area contributed by atoms with Crippen molar-refractivity contribution >= 4 is 69.4 Å². The molecule has 2 aliphatic rings. The zero-order chi connectivity index (χ0) is 21.4. The van der Waals surface area contributed by atoms with Gasteiger partial charge in [-0.3, -0.25) is 19.3 Å². The van der Waals surface area contributed by atoms with Crippen LogP contribution in [0.4, 0.5) is 5.69 Å². The van der Waals surface area contributed by atoms with E-state index in [-0.39, 0.29) is 22.6 Å². The molecular weight excluding hydrogens is 444 g/mol. The average Bonchev–Trinajstić information content (AvgIpc) is 3.17. The Kier molecular flexibility index (Phi) is 5.64. The van der Waals surface area contributed by atoms with Crippen molar-refractivity contribution in [3.05, 3.63) is 64.0 Å². The third-order valence-electron chi connectivity index (χ3n) is 4.76. The van der Waals surface area contributed by atoms with E-state index in [0.29, 0.717) is 21.4 Å². The Morgan fingerprint density at radius 2 is 1.77 bits per heavy atom. The van der Waals surface area contributed by atoms with Crippen molar-refractivity contribution in [2.45, 2.75) is 12.5 Å². The molecule has 0 N–H and O–H groups in total. The van der Waals surface area contributed by atoms with E-state index >= 15 is 0 Å². The molecular formula is C21H15ClN2O4S2. The predicted octanol–water partition coefficient (Wildman–Crippen LogP) is 3.88. The predicted molar refractivity (Wildman–Crippen MR) is 120 cm³/mol. The van der Waals surface area contributed by atoms with Gasteiger partial charge in [0.1, 0.15) is 16.1 Å². The van der Waals surface area contributed by atoms with Gasteiger partial charge in [-0.1, -0.05) is 47.7 Å². The van der Waals surface area contributed by atoms with Crippen molar-refractivity contribution in [1.82, 2.24) is 4.90 Å². The van der Waals surface area contributed by atoms with E-state index in [2.05, 4.69) is 0 Å². The number of ether oxygens (including phenoxy) is 1. The van der Waals surface area contributed by atoms with Crippen LogP contribution in [0.2, 0.25) is 5.02 Å². The number of rotatable bonds is 4. The minimum absolute atomic E-state index is 0.121. The number of nitrogens with zero attached hydrogens (tertiary/aromatic N) is 2. The molecule has 1 unspecified atom stereocenters. The summed E-state index contributed by atoms with van der Waals surface area (Å²) in [4.78, 5) is 41.2. The number of methoxy groups -OCH3 is 1. The van der Waals surface area contributed by atoms with E-state index in [1.807, 2.05) is 12.1 Å².